The van der Waals surface area contributed by atoms with Crippen LogP contribution in [0.3, 0.4) is 0 Å². The van der Waals surface area contributed by atoms with Gasteiger partial charge < -0.3 is 19.5 Å². The third kappa shape index (κ3) is 6.07. The fraction of sp³-hybridized carbons (Fsp3) is 0.367. The number of benzene rings is 3. The van der Waals surface area contributed by atoms with Gasteiger partial charge in [-0.1, -0.05) is 25.5 Å². The van der Waals surface area contributed by atoms with E-state index in [9.17, 15) is 4.79 Å². The smallest absolute Gasteiger partial charge is 0.255 e. The first-order chi connectivity index (χ1) is 18.5. The molecule has 0 aliphatic carbocycles. The highest BCUT2D eigenvalue weighted by Gasteiger charge is 2.19. The van der Waals surface area contributed by atoms with Crippen LogP contribution in [0.2, 0.25) is 0 Å². The zero-order valence-corrected chi connectivity index (χ0v) is 22.8. The Labute approximate surface area is 223 Å². The normalized spacial score (nSPS) is 11.0. The largest absolute Gasteiger partial charge is 0.490 e. The van der Waals surface area contributed by atoms with Crippen LogP contribution in [0, 0.1) is 6.92 Å². The molecule has 4 aromatic rings. The molecule has 0 unspecified atom stereocenters. The van der Waals surface area contributed by atoms with Crippen LogP contribution in [-0.4, -0.2) is 40.7 Å². The third-order valence-corrected chi connectivity index (χ3v) is 6.13. The summed E-state index contributed by atoms with van der Waals surface area (Å²) in [5.74, 6) is 1.16. The van der Waals surface area contributed by atoms with Gasteiger partial charge in [-0.05, 0) is 88.1 Å². The van der Waals surface area contributed by atoms with Crippen LogP contribution in [0.25, 0.3) is 16.7 Å². The summed E-state index contributed by atoms with van der Waals surface area (Å²) in [6.07, 6.45) is 3.42. The lowest BCUT2D eigenvalue weighted by Crippen LogP contribution is -2.14. The summed E-state index contributed by atoms with van der Waals surface area (Å²) < 4.78 is 17.3. The number of hydrogen-bond donors (Lipinski definition) is 1. The molecule has 1 amide bonds. The third-order valence-electron chi connectivity index (χ3n) is 6.13. The van der Waals surface area contributed by atoms with Crippen LogP contribution in [0.4, 0.5) is 5.69 Å². The molecule has 0 spiro atoms. The van der Waals surface area contributed by atoms with E-state index in [1.807, 2.05) is 52.0 Å². The molecule has 1 aromatic heterocycles. The van der Waals surface area contributed by atoms with Gasteiger partial charge in [0, 0.05) is 11.3 Å². The molecule has 0 aliphatic rings. The summed E-state index contributed by atoms with van der Waals surface area (Å²) >= 11 is 0. The number of nitrogens with zero attached hydrogens (tertiary/aromatic N) is 3. The molecule has 0 fully saturated rings. The number of anilines is 1. The molecule has 8 nitrogen and oxygen atoms in total. The molecule has 1 N–H and O–H groups in total. The maximum atomic E-state index is 13.3. The molecule has 1 heterocycles. The van der Waals surface area contributed by atoms with Gasteiger partial charge in [0.2, 0.25) is 5.75 Å². The summed E-state index contributed by atoms with van der Waals surface area (Å²) in [4.78, 5) is 14.9. The van der Waals surface area contributed by atoms with Crippen molar-refractivity contribution in [1.29, 1.82) is 0 Å². The number of hydrogen-bond acceptors (Lipinski definition) is 6. The predicted octanol–water partition coefficient (Wildman–Crippen LogP) is 6.52. The van der Waals surface area contributed by atoms with Gasteiger partial charge in [0.05, 0.1) is 25.5 Å². The molecular weight excluding hydrogens is 480 g/mol. The van der Waals surface area contributed by atoms with E-state index < -0.39 is 0 Å². The number of unbranched alkanes of at least 4 members (excludes halogenated alkanes) is 1. The lowest BCUT2D eigenvalue weighted by Gasteiger charge is -2.17. The number of carbonyl (C=O) groups excluding carboxylic acids is 1. The molecule has 4 rings (SSSR count). The van der Waals surface area contributed by atoms with Crippen molar-refractivity contribution in [3.05, 3.63) is 65.2 Å². The van der Waals surface area contributed by atoms with Crippen LogP contribution in [0.15, 0.2) is 48.5 Å². The molecule has 0 atom stereocenters. The molecule has 200 valence electrons. The summed E-state index contributed by atoms with van der Waals surface area (Å²) in [6.45, 7) is 11.1. The Bertz CT molecular complexity index is 1370. The Kier molecular flexibility index (Phi) is 8.84. The van der Waals surface area contributed by atoms with Gasteiger partial charge in [-0.2, -0.15) is 4.80 Å². The second-order valence-corrected chi connectivity index (χ2v) is 8.97. The fourth-order valence-electron chi connectivity index (χ4n) is 4.21. The van der Waals surface area contributed by atoms with Gasteiger partial charge in [0.15, 0.2) is 11.5 Å². The van der Waals surface area contributed by atoms with Crippen LogP contribution < -0.4 is 19.5 Å². The van der Waals surface area contributed by atoms with Crippen molar-refractivity contribution < 1.29 is 19.0 Å². The summed E-state index contributed by atoms with van der Waals surface area (Å²) in [5, 5.41) is 12.3. The fourth-order valence-corrected chi connectivity index (χ4v) is 4.21. The lowest BCUT2D eigenvalue weighted by atomic mass is 10.1. The number of nitrogens with one attached hydrogen (secondary N) is 1. The van der Waals surface area contributed by atoms with Crippen molar-refractivity contribution in [3.63, 3.8) is 0 Å². The van der Waals surface area contributed by atoms with E-state index in [1.54, 1.807) is 16.9 Å². The van der Waals surface area contributed by atoms with Crippen LogP contribution in [-0.2, 0) is 6.42 Å². The second-order valence-electron chi connectivity index (χ2n) is 8.97. The standard InChI is InChI=1S/C30H36N4O4/c1-6-10-11-21-12-14-23(15-13-21)34-32-25-16-20(5)24(19-26(25)33-34)31-30(35)22-17-27(36-7-2)29(38-9-4)28(18-22)37-8-3/h12-19H,6-11H2,1-5H3,(H,31,35). The van der Waals surface area contributed by atoms with E-state index in [0.29, 0.717) is 53.8 Å². The van der Waals surface area contributed by atoms with Crippen molar-refractivity contribution in [1.82, 2.24) is 15.0 Å². The lowest BCUT2D eigenvalue weighted by molar-refractivity contribution is 0.102. The van der Waals surface area contributed by atoms with E-state index in [4.69, 9.17) is 14.2 Å². The molecule has 0 aliphatic heterocycles. The first kappa shape index (κ1) is 27.0. The highest BCUT2D eigenvalue weighted by molar-refractivity contribution is 6.06. The highest BCUT2D eigenvalue weighted by atomic mass is 16.5. The summed E-state index contributed by atoms with van der Waals surface area (Å²) in [6, 6.07) is 15.5. The second kappa shape index (κ2) is 12.4. The molecule has 0 saturated heterocycles. The zero-order chi connectivity index (χ0) is 27.1. The predicted molar refractivity (Wildman–Crippen MR) is 150 cm³/mol. The quantitative estimate of drug-likeness (QED) is 0.231. The van der Waals surface area contributed by atoms with Crippen molar-refractivity contribution in [2.24, 2.45) is 0 Å². The number of fused-ring (bicyclic) bond motifs is 1. The van der Waals surface area contributed by atoms with Crippen LogP contribution in [0.1, 0.15) is 62.0 Å². The molecule has 8 heteroatoms. The molecule has 0 radical (unpaired) electrons. The highest BCUT2D eigenvalue weighted by Crippen LogP contribution is 2.39. The number of amides is 1. The molecule has 3 aromatic carbocycles. The number of carbonyl (C=O) groups is 1. The van der Waals surface area contributed by atoms with Gasteiger partial charge in [-0.25, -0.2) is 0 Å². The first-order valence-electron chi connectivity index (χ1n) is 13.3. The average molecular weight is 517 g/mol. The Hall–Kier alpha value is -4.07. The van der Waals surface area contributed by atoms with E-state index in [-0.39, 0.29) is 5.91 Å². The van der Waals surface area contributed by atoms with Gasteiger partial charge in [0.25, 0.3) is 5.91 Å². The number of aryl methyl sites for hydroxylation is 2. The monoisotopic (exact) mass is 516 g/mol. The minimum absolute atomic E-state index is 0.285. The maximum Gasteiger partial charge on any atom is 0.255 e. The van der Waals surface area contributed by atoms with Gasteiger partial charge in [-0.3, -0.25) is 4.79 Å². The van der Waals surface area contributed by atoms with Crippen molar-refractivity contribution in [2.45, 2.75) is 53.9 Å². The Morgan fingerprint density at radius 3 is 2.03 bits per heavy atom. The number of aromatic nitrogens is 3. The summed E-state index contributed by atoms with van der Waals surface area (Å²) in [7, 11) is 0. The average Bonchev–Trinajstić information content (AvgIpc) is 3.32. The van der Waals surface area contributed by atoms with Gasteiger partial charge in [0.1, 0.15) is 11.0 Å². The van der Waals surface area contributed by atoms with E-state index in [2.05, 4.69) is 34.6 Å². The van der Waals surface area contributed by atoms with Gasteiger partial charge >= 0.3 is 0 Å². The molecule has 0 bridgehead atoms. The van der Waals surface area contributed by atoms with E-state index >= 15 is 0 Å². The zero-order valence-electron chi connectivity index (χ0n) is 22.8. The Morgan fingerprint density at radius 2 is 1.45 bits per heavy atom. The number of ether oxygens (including phenoxy) is 3. The van der Waals surface area contributed by atoms with Crippen molar-refractivity contribution in [3.8, 4) is 22.9 Å². The number of rotatable bonds is 12. The van der Waals surface area contributed by atoms with Crippen LogP contribution in [0.5, 0.6) is 17.2 Å². The SMILES string of the molecule is CCCCc1ccc(-n2nc3cc(C)c(NC(=O)c4cc(OCC)c(OCC)c(OCC)c4)cc3n2)cc1. The van der Waals surface area contributed by atoms with Gasteiger partial charge in [-0.15, -0.1) is 10.2 Å². The van der Waals surface area contributed by atoms with Crippen molar-refractivity contribution in [2.75, 3.05) is 25.1 Å². The minimum Gasteiger partial charge on any atom is -0.490 e. The topological polar surface area (TPSA) is 87.5 Å². The van der Waals surface area contributed by atoms with Crippen LogP contribution >= 0.6 is 0 Å². The van der Waals surface area contributed by atoms with E-state index in [0.717, 1.165) is 23.2 Å². The Balaban J connectivity index is 1.60. The molecule has 0 saturated carbocycles. The molecular formula is C30H36N4O4. The molecule has 38 heavy (non-hydrogen) atoms. The van der Waals surface area contributed by atoms with E-state index in [1.165, 1.54) is 18.4 Å². The Morgan fingerprint density at radius 1 is 0.842 bits per heavy atom. The minimum atomic E-state index is -0.285. The van der Waals surface area contributed by atoms with Crippen molar-refractivity contribution >= 4 is 22.6 Å². The first-order valence-corrected chi connectivity index (χ1v) is 13.3. The summed E-state index contributed by atoms with van der Waals surface area (Å²) in [5.41, 5.74) is 5.61. The maximum absolute atomic E-state index is 13.3.